The zero-order valence-corrected chi connectivity index (χ0v) is 20.7. The van der Waals surface area contributed by atoms with Crippen molar-refractivity contribution in [1.82, 2.24) is 10.3 Å². The lowest BCUT2D eigenvalue weighted by atomic mass is 9.95. The molecule has 4 rings (SSSR count). The number of nitrogens with zero attached hydrogens (tertiary/aromatic N) is 1. The first kappa shape index (κ1) is 24.7. The van der Waals surface area contributed by atoms with Crippen LogP contribution in [0.25, 0.3) is 22.4 Å². The molecule has 35 heavy (non-hydrogen) atoms. The van der Waals surface area contributed by atoms with Gasteiger partial charge in [-0.15, -0.1) is 0 Å². The zero-order valence-electron chi connectivity index (χ0n) is 20.0. The quantitative estimate of drug-likeness (QED) is 0.401. The van der Waals surface area contributed by atoms with Gasteiger partial charge in [-0.2, -0.15) is 0 Å². The number of methoxy groups -OCH3 is 1. The highest BCUT2D eigenvalue weighted by Gasteiger charge is 2.22. The predicted octanol–water partition coefficient (Wildman–Crippen LogP) is 5.01. The number of amides is 1. The molecular weight excluding hydrogens is 467 g/mol. The Morgan fingerprint density at radius 1 is 1.26 bits per heavy atom. The van der Waals surface area contributed by atoms with Crippen molar-refractivity contribution in [2.24, 2.45) is 5.73 Å². The first-order valence-electron chi connectivity index (χ1n) is 11.4. The maximum Gasteiger partial charge on any atom is 0.267 e. The molecule has 1 aromatic heterocycles. The molecule has 0 unspecified atom stereocenters. The molecule has 0 saturated heterocycles. The van der Waals surface area contributed by atoms with Crippen LogP contribution in [0.3, 0.4) is 0 Å². The highest BCUT2D eigenvalue weighted by molar-refractivity contribution is 6.36. The number of benzene rings is 2. The van der Waals surface area contributed by atoms with E-state index in [1.807, 2.05) is 18.2 Å². The second kappa shape index (κ2) is 10.5. The van der Waals surface area contributed by atoms with Gasteiger partial charge in [0.1, 0.15) is 11.5 Å². The molecule has 0 atom stereocenters. The maximum absolute atomic E-state index is 15.2. The van der Waals surface area contributed by atoms with Crippen LogP contribution in [0.4, 0.5) is 10.1 Å². The fourth-order valence-corrected chi connectivity index (χ4v) is 4.83. The molecule has 1 heterocycles. The molecule has 0 radical (unpaired) electrons. The van der Waals surface area contributed by atoms with Crippen LogP contribution in [0.1, 0.15) is 23.1 Å². The largest absolute Gasteiger partial charge is 0.481 e. The summed E-state index contributed by atoms with van der Waals surface area (Å²) in [4.78, 5) is 16.9. The van der Waals surface area contributed by atoms with E-state index < -0.39 is 5.82 Å². The Morgan fingerprint density at radius 3 is 2.74 bits per heavy atom. The summed E-state index contributed by atoms with van der Waals surface area (Å²) < 4.78 is 20.7. The molecule has 0 aliphatic heterocycles. The van der Waals surface area contributed by atoms with Gasteiger partial charge in [-0.25, -0.2) is 9.37 Å². The fourth-order valence-electron chi connectivity index (χ4n) is 4.52. The average molecular weight is 495 g/mol. The number of pyridine rings is 1. The summed E-state index contributed by atoms with van der Waals surface area (Å²) in [6, 6.07) is 10.5. The molecule has 0 spiro atoms. The number of nitrogens with one attached hydrogen (secondary N) is 2. The number of carbonyl (C=O) groups is 1. The molecule has 0 bridgehead atoms. The van der Waals surface area contributed by atoms with Crippen LogP contribution >= 0.6 is 11.6 Å². The average Bonchev–Trinajstić information content (AvgIpc) is 3.34. The minimum absolute atomic E-state index is 0.175. The first-order valence-corrected chi connectivity index (χ1v) is 11.8. The number of carbonyl (C=O) groups excluding carboxylic acids is 1. The van der Waals surface area contributed by atoms with E-state index >= 15 is 4.39 Å². The monoisotopic (exact) mass is 494 g/mol. The number of halogens is 2. The van der Waals surface area contributed by atoms with Gasteiger partial charge in [-0.05, 0) is 61.6 Å². The van der Waals surface area contributed by atoms with Gasteiger partial charge in [0.05, 0.1) is 17.8 Å². The molecule has 1 amide bonds. The van der Waals surface area contributed by atoms with Gasteiger partial charge in [-0.3, -0.25) is 4.79 Å². The Kier molecular flexibility index (Phi) is 7.38. The number of aryl methyl sites for hydroxylation is 1. The number of aromatic nitrogens is 1. The second-order valence-electron chi connectivity index (χ2n) is 8.33. The lowest BCUT2D eigenvalue weighted by Crippen LogP contribution is -2.25. The van der Waals surface area contributed by atoms with Gasteiger partial charge in [0.25, 0.3) is 5.91 Å². The fraction of sp³-hybridized carbons (Fsp3) is 0.259. The summed E-state index contributed by atoms with van der Waals surface area (Å²) in [7, 11) is 3.15. The van der Waals surface area contributed by atoms with Gasteiger partial charge >= 0.3 is 0 Å². The molecule has 1 aliphatic rings. The number of nitrogens with two attached hydrogens (primary N) is 1. The SMILES string of the molecule is CNC(=O)/C(=C\CN)Nc1ccc(F)c(-c2cccc(-c3cc4c(c(OC)n3)CCC4)c2Cl)c1C. The molecule has 0 saturated carbocycles. The van der Waals surface area contributed by atoms with E-state index in [1.54, 1.807) is 32.2 Å². The lowest BCUT2D eigenvalue weighted by Gasteiger charge is -2.18. The number of hydrogen-bond donors (Lipinski definition) is 3. The van der Waals surface area contributed by atoms with Crippen LogP contribution in [-0.2, 0) is 17.6 Å². The van der Waals surface area contributed by atoms with E-state index in [0.717, 1.165) is 24.8 Å². The normalized spacial score (nSPS) is 12.9. The Morgan fingerprint density at radius 2 is 2.03 bits per heavy atom. The molecule has 8 heteroatoms. The summed E-state index contributed by atoms with van der Waals surface area (Å²) in [6.45, 7) is 1.96. The predicted molar refractivity (Wildman–Crippen MR) is 138 cm³/mol. The molecule has 182 valence electrons. The third kappa shape index (κ3) is 4.74. The third-order valence-electron chi connectivity index (χ3n) is 6.27. The van der Waals surface area contributed by atoms with E-state index in [-0.39, 0.29) is 18.1 Å². The molecule has 1 aliphatic carbocycles. The number of rotatable bonds is 7. The summed E-state index contributed by atoms with van der Waals surface area (Å²) >= 11 is 6.89. The van der Waals surface area contributed by atoms with Crippen molar-refractivity contribution in [3.05, 3.63) is 75.7 Å². The maximum atomic E-state index is 15.2. The Hall–Kier alpha value is -3.42. The topological polar surface area (TPSA) is 89.3 Å². The number of ether oxygens (including phenoxy) is 1. The van der Waals surface area contributed by atoms with Gasteiger partial charge in [0, 0.05) is 41.5 Å². The summed E-state index contributed by atoms with van der Waals surface area (Å²) in [5.74, 6) is -0.133. The van der Waals surface area contributed by atoms with Crippen molar-refractivity contribution in [1.29, 1.82) is 0 Å². The number of likely N-dealkylation sites (N-methyl/N-ethyl adjacent to an activating group) is 1. The highest BCUT2D eigenvalue weighted by atomic mass is 35.5. The number of hydrogen-bond acceptors (Lipinski definition) is 5. The Balaban J connectivity index is 1.81. The molecule has 0 fully saturated rings. The van der Waals surface area contributed by atoms with Gasteiger partial charge < -0.3 is 21.1 Å². The van der Waals surface area contributed by atoms with E-state index in [4.69, 9.17) is 27.1 Å². The third-order valence-corrected chi connectivity index (χ3v) is 6.67. The number of fused-ring (bicyclic) bond motifs is 1. The summed E-state index contributed by atoms with van der Waals surface area (Å²) in [5, 5.41) is 6.04. The van der Waals surface area contributed by atoms with Crippen LogP contribution in [-0.4, -0.2) is 31.6 Å². The van der Waals surface area contributed by atoms with Crippen LogP contribution in [0.2, 0.25) is 5.02 Å². The van der Waals surface area contributed by atoms with Crippen molar-refractivity contribution < 1.29 is 13.9 Å². The second-order valence-corrected chi connectivity index (χ2v) is 8.71. The van der Waals surface area contributed by atoms with Crippen molar-refractivity contribution in [2.45, 2.75) is 26.2 Å². The summed E-state index contributed by atoms with van der Waals surface area (Å²) in [5.41, 5.74) is 11.7. The minimum atomic E-state index is -0.420. The van der Waals surface area contributed by atoms with Crippen molar-refractivity contribution >= 4 is 23.2 Å². The van der Waals surface area contributed by atoms with Crippen LogP contribution in [0.5, 0.6) is 5.88 Å². The van der Waals surface area contributed by atoms with Crippen molar-refractivity contribution in [3.63, 3.8) is 0 Å². The smallest absolute Gasteiger partial charge is 0.267 e. The molecule has 6 nitrogen and oxygen atoms in total. The minimum Gasteiger partial charge on any atom is -0.481 e. The van der Waals surface area contributed by atoms with Gasteiger partial charge in [-0.1, -0.05) is 29.8 Å². The molecular formula is C27H28ClFN4O2. The molecule has 2 aromatic carbocycles. The molecule has 3 aromatic rings. The van der Waals surface area contributed by atoms with E-state index in [1.165, 1.54) is 18.7 Å². The van der Waals surface area contributed by atoms with Crippen LogP contribution < -0.4 is 21.1 Å². The summed E-state index contributed by atoms with van der Waals surface area (Å²) in [6.07, 6.45) is 4.54. The Bertz CT molecular complexity index is 1320. The molecule has 4 N–H and O–H groups in total. The highest BCUT2D eigenvalue weighted by Crippen LogP contribution is 2.42. The van der Waals surface area contributed by atoms with E-state index in [2.05, 4.69) is 10.6 Å². The van der Waals surface area contributed by atoms with Crippen LogP contribution in [0.15, 0.2) is 48.2 Å². The van der Waals surface area contributed by atoms with Gasteiger partial charge in [0.2, 0.25) is 5.88 Å². The van der Waals surface area contributed by atoms with Gasteiger partial charge in [0.15, 0.2) is 0 Å². The van der Waals surface area contributed by atoms with Crippen molar-refractivity contribution in [2.75, 3.05) is 26.0 Å². The number of anilines is 1. The zero-order chi connectivity index (χ0) is 25.1. The van der Waals surface area contributed by atoms with E-state index in [0.29, 0.717) is 44.5 Å². The standard InChI is InChI=1S/C27H28ClFN4O2/c1-15-21(32-22(12-13-30)26(34)31-2)11-10-20(29)24(15)19-9-5-8-18(25(19)28)23-14-16-6-4-7-17(16)27(33-23)35-3/h5,8-12,14,32H,4,6-7,13,30H2,1-3H3,(H,31,34)/b22-12+. The van der Waals surface area contributed by atoms with Crippen molar-refractivity contribution in [3.8, 4) is 28.3 Å². The Labute approximate surface area is 209 Å². The lowest BCUT2D eigenvalue weighted by molar-refractivity contribution is -0.116. The van der Waals surface area contributed by atoms with E-state index in [9.17, 15) is 4.79 Å². The first-order chi connectivity index (χ1) is 16.9. The van der Waals surface area contributed by atoms with Crippen LogP contribution in [0, 0.1) is 12.7 Å².